The van der Waals surface area contributed by atoms with Gasteiger partial charge in [-0.3, -0.25) is 9.59 Å². The lowest BCUT2D eigenvalue weighted by molar-refractivity contribution is -0.133. The maximum atomic E-state index is 13.7. The summed E-state index contributed by atoms with van der Waals surface area (Å²) in [4.78, 5) is 31.4. The van der Waals surface area contributed by atoms with Gasteiger partial charge in [0.15, 0.2) is 9.84 Å². The zero-order chi connectivity index (χ0) is 25.2. The van der Waals surface area contributed by atoms with Crippen LogP contribution in [0.25, 0.3) is 0 Å². The van der Waals surface area contributed by atoms with Gasteiger partial charge in [0.25, 0.3) is 5.91 Å². The average Bonchev–Trinajstić information content (AvgIpc) is 3.28. The summed E-state index contributed by atoms with van der Waals surface area (Å²) in [6.45, 7) is 3.32. The van der Waals surface area contributed by atoms with Crippen molar-refractivity contribution in [1.82, 2.24) is 10.2 Å². The minimum absolute atomic E-state index is 0.0713. The molecule has 0 bridgehead atoms. The van der Waals surface area contributed by atoms with Crippen LogP contribution in [-0.4, -0.2) is 57.6 Å². The third-order valence-corrected chi connectivity index (χ3v) is 8.00. The Labute approximate surface area is 208 Å². The number of hydrogen-bond acceptors (Lipinski definition) is 6. The van der Waals surface area contributed by atoms with Crippen molar-refractivity contribution in [2.24, 2.45) is 0 Å². The Morgan fingerprint density at radius 3 is 2.29 bits per heavy atom. The van der Waals surface area contributed by atoms with Crippen molar-refractivity contribution < 1.29 is 22.4 Å². The van der Waals surface area contributed by atoms with Gasteiger partial charge in [-0.25, -0.2) is 12.8 Å². The number of sulfone groups is 1. The summed E-state index contributed by atoms with van der Waals surface area (Å²) in [7, 11) is -3.63. The summed E-state index contributed by atoms with van der Waals surface area (Å²) in [6.07, 6.45) is 1.05. The number of benzene rings is 2. The third-order valence-electron chi connectivity index (χ3n) is 5.87. The van der Waals surface area contributed by atoms with E-state index in [1.807, 2.05) is 36.1 Å². The van der Waals surface area contributed by atoms with Gasteiger partial charge in [0.05, 0.1) is 15.5 Å². The summed E-state index contributed by atoms with van der Waals surface area (Å²) in [5.41, 5.74) is 1.10. The number of amides is 2. The molecule has 3 aromatic rings. The molecule has 0 aliphatic carbocycles. The zero-order valence-electron chi connectivity index (χ0n) is 19.4. The smallest absolute Gasteiger partial charge is 0.262 e. The van der Waals surface area contributed by atoms with Gasteiger partial charge >= 0.3 is 0 Å². The quantitative estimate of drug-likeness (QED) is 0.544. The Bertz CT molecular complexity index is 1330. The molecule has 1 aromatic heterocycles. The normalized spacial score (nSPS) is 15.1. The summed E-state index contributed by atoms with van der Waals surface area (Å²) in [5.74, 6) is -1.17. The molecule has 2 aromatic carbocycles. The molecule has 1 atom stereocenters. The minimum Gasteiger partial charge on any atom is -0.367 e. The SMILES string of the molecule is Cc1ccc(C(=O)N[C@@H](C(=O)N2CCN(c3ccc(F)cc3S(C)(=O)=O)CC2)c2ccccc2)s1. The molecule has 1 aliphatic rings. The highest BCUT2D eigenvalue weighted by Crippen LogP contribution is 2.28. The molecule has 1 fully saturated rings. The van der Waals surface area contributed by atoms with Gasteiger partial charge in [0.1, 0.15) is 11.9 Å². The maximum absolute atomic E-state index is 13.7. The fraction of sp³-hybridized carbons (Fsp3) is 0.280. The monoisotopic (exact) mass is 515 g/mol. The average molecular weight is 516 g/mol. The largest absolute Gasteiger partial charge is 0.367 e. The second-order valence-electron chi connectivity index (χ2n) is 8.42. The van der Waals surface area contributed by atoms with Gasteiger partial charge in [0.2, 0.25) is 5.91 Å². The molecule has 0 unspecified atom stereocenters. The Hall–Kier alpha value is -3.24. The molecule has 0 saturated carbocycles. The molecule has 1 saturated heterocycles. The van der Waals surface area contributed by atoms with Gasteiger partial charge in [-0.05, 0) is 42.8 Å². The van der Waals surface area contributed by atoms with Gasteiger partial charge in [-0.15, -0.1) is 11.3 Å². The molecule has 184 valence electrons. The topological polar surface area (TPSA) is 86.8 Å². The van der Waals surface area contributed by atoms with E-state index in [9.17, 15) is 22.4 Å². The number of aryl methyl sites for hydroxylation is 1. The van der Waals surface area contributed by atoms with Crippen molar-refractivity contribution in [1.29, 1.82) is 0 Å². The lowest BCUT2D eigenvalue weighted by Gasteiger charge is -2.38. The first-order chi connectivity index (χ1) is 16.6. The second-order valence-corrected chi connectivity index (χ2v) is 11.7. The highest BCUT2D eigenvalue weighted by molar-refractivity contribution is 7.90. The van der Waals surface area contributed by atoms with Crippen LogP contribution < -0.4 is 10.2 Å². The fourth-order valence-corrected chi connectivity index (χ4v) is 5.76. The molecule has 1 N–H and O–H groups in total. The second kappa shape index (κ2) is 10.2. The Morgan fingerprint density at radius 2 is 1.69 bits per heavy atom. The molecule has 10 heteroatoms. The van der Waals surface area contributed by atoms with E-state index in [1.165, 1.54) is 23.5 Å². The van der Waals surface area contributed by atoms with Crippen molar-refractivity contribution in [3.63, 3.8) is 0 Å². The zero-order valence-corrected chi connectivity index (χ0v) is 21.0. The van der Waals surface area contributed by atoms with E-state index in [4.69, 9.17) is 0 Å². The Morgan fingerprint density at radius 1 is 1.00 bits per heavy atom. The van der Waals surface area contributed by atoms with Crippen LogP contribution in [0.15, 0.2) is 65.6 Å². The number of hydrogen-bond donors (Lipinski definition) is 1. The number of rotatable bonds is 6. The molecule has 7 nitrogen and oxygen atoms in total. The van der Waals surface area contributed by atoms with Crippen LogP contribution >= 0.6 is 11.3 Å². The molecule has 2 heterocycles. The molecular weight excluding hydrogens is 489 g/mol. The van der Waals surface area contributed by atoms with E-state index >= 15 is 0 Å². The van der Waals surface area contributed by atoms with E-state index in [2.05, 4.69) is 5.32 Å². The molecular formula is C25H26FN3O4S2. The van der Waals surface area contributed by atoms with Crippen LogP contribution in [0, 0.1) is 12.7 Å². The Kier molecular flexibility index (Phi) is 7.23. The van der Waals surface area contributed by atoms with E-state index in [1.54, 1.807) is 23.1 Å². The molecule has 2 amide bonds. The molecule has 4 rings (SSSR count). The number of halogens is 1. The highest BCUT2D eigenvalue weighted by atomic mass is 32.2. The fourth-order valence-electron chi connectivity index (χ4n) is 4.09. The summed E-state index contributed by atoms with van der Waals surface area (Å²) >= 11 is 1.36. The van der Waals surface area contributed by atoms with Crippen LogP contribution in [0.2, 0.25) is 0 Å². The lowest BCUT2D eigenvalue weighted by atomic mass is 10.0. The maximum Gasteiger partial charge on any atom is 0.262 e. The van der Waals surface area contributed by atoms with Crippen LogP contribution in [0.1, 0.15) is 26.2 Å². The van der Waals surface area contributed by atoms with Gasteiger partial charge in [0, 0.05) is 37.3 Å². The van der Waals surface area contributed by atoms with Crippen LogP contribution in [0.5, 0.6) is 0 Å². The van der Waals surface area contributed by atoms with Crippen LogP contribution in [0.4, 0.5) is 10.1 Å². The van der Waals surface area contributed by atoms with Crippen molar-refractivity contribution >= 4 is 38.7 Å². The first-order valence-electron chi connectivity index (χ1n) is 11.1. The first kappa shape index (κ1) is 24.9. The lowest BCUT2D eigenvalue weighted by Crippen LogP contribution is -2.52. The number of carbonyl (C=O) groups excluding carboxylic acids is 2. The van der Waals surface area contributed by atoms with Crippen molar-refractivity contribution in [2.75, 3.05) is 37.3 Å². The molecule has 1 aliphatic heterocycles. The van der Waals surface area contributed by atoms with Gasteiger partial charge < -0.3 is 15.1 Å². The van der Waals surface area contributed by atoms with E-state index < -0.39 is 21.7 Å². The summed E-state index contributed by atoms with van der Waals surface area (Å²) < 4.78 is 38.1. The number of nitrogens with zero attached hydrogens (tertiary/aromatic N) is 2. The van der Waals surface area contributed by atoms with Crippen molar-refractivity contribution in [3.05, 3.63) is 81.8 Å². The summed E-state index contributed by atoms with van der Waals surface area (Å²) in [6, 6.07) is 15.5. The van der Waals surface area contributed by atoms with Gasteiger partial charge in [-0.2, -0.15) is 0 Å². The summed E-state index contributed by atoms with van der Waals surface area (Å²) in [5, 5.41) is 2.88. The van der Waals surface area contributed by atoms with Crippen molar-refractivity contribution in [3.8, 4) is 0 Å². The van der Waals surface area contributed by atoms with Crippen LogP contribution in [0.3, 0.4) is 0 Å². The minimum atomic E-state index is -3.63. The van der Waals surface area contributed by atoms with E-state index in [0.717, 1.165) is 17.2 Å². The number of anilines is 1. The first-order valence-corrected chi connectivity index (χ1v) is 13.8. The predicted molar refractivity (Wildman–Crippen MR) is 134 cm³/mol. The third kappa shape index (κ3) is 5.71. The number of nitrogens with one attached hydrogen (secondary N) is 1. The molecule has 0 radical (unpaired) electrons. The molecule has 0 spiro atoms. The number of piperazine rings is 1. The predicted octanol–water partition coefficient (Wildman–Crippen LogP) is 3.42. The molecule has 35 heavy (non-hydrogen) atoms. The van der Waals surface area contributed by atoms with E-state index in [0.29, 0.717) is 42.3 Å². The van der Waals surface area contributed by atoms with Crippen molar-refractivity contribution in [2.45, 2.75) is 17.9 Å². The van der Waals surface area contributed by atoms with Crippen LogP contribution in [-0.2, 0) is 14.6 Å². The highest BCUT2D eigenvalue weighted by Gasteiger charge is 2.31. The Balaban J connectivity index is 1.52. The standard InChI is InChI=1S/C25H26FN3O4S2/c1-17-8-11-21(34-17)24(30)27-23(18-6-4-3-5-7-18)25(31)29-14-12-28(13-15-29)20-10-9-19(26)16-22(20)35(2,32)33/h3-11,16,23H,12-15H2,1-2H3,(H,27,30)/t23-/m1/s1. The van der Waals surface area contributed by atoms with Gasteiger partial charge in [-0.1, -0.05) is 30.3 Å². The number of carbonyl (C=O) groups is 2. The van der Waals surface area contributed by atoms with E-state index in [-0.39, 0.29) is 16.7 Å². The number of thiophene rings is 1.